The summed E-state index contributed by atoms with van der Waals surface area (Å²) in [6.45, 7) is 3.08. The van der Waals surface area contributed by atoms with Crippen molar-refractivity contribution in [1.29, 1.82) is 0 Å². The summed E-state index contributed by atoms with van der Waals surface area (Å²) in [6, 6.07) is 1.33. The molecule has 0 radical (unpaired) electrons. The van der Waals surface area contributed by atoms with Crippen molar-refractivity contribution in [2.45, 2.75) is 13.8 Å². The molecule has 1 aromatic rings. The van der Waals surface area contributed by atoms with Gasteiger partial charge < -0.3 is 15.3 Å². The summed E-state index contributed by atoms with van der Waals surface area (Å²) in [6.07, 6.45) is 0. The molecule has 0 fully saturated rings. The molecule has 0 unspecified atom stereocenters. The van der Waals surface area contributed by atoms with Crippen molar-refractivity contribution in [3.8, 4) is 5.75 Å². The summed E-state index contributed by atoms with van der Waals surface area (Å²) in [5.74, 6) is 0.126. The van der Waals surface area contributed by atoms with Crippen molar-refractivity contribution in [2.75, 3.05) is 0 Å². The molecule has 0 amide bonds. The SMILES string of the molecule is C/C(=N\NC(N)=S)c1c(O)cc(C)oc1=O. The van der Waals surface area contributed by atoms with Crippen molar-refractivity contribution in [2.24, 2.45) is 10.8 Å². The Morgan fingerprint density at radius 2 is 2.31 bits per heavy atom. The molecule has 0 saturated carbocycles. The van der Waals surface area contributed by atoms with E-state index in [4.69, 9.17) is 10.2 Å². The maximum absolute atomic E-state index is 11.4. The van der Waals surface area contributed by atoms with Crippen LogP contribution in [0.25, 0.3) is 0 Å². The number of rotatable bonds is 2. The molecule has 7 heteroatoms. The van der Waals surface area contributed by atoms with Crippen molar-refractivity contribution < 1.29 is 9.52 Å². The van der Waals surface area contributed by atoms with Gasteiger partial charge in [0.05, 0.1) is 5.71 Å². The molecule has 6 nitrogen and oxygen atoms in total. The average molecular weight is 241 g/mol. The number of hydrogen-bond donors (Lipinski definition) is 3. The quantitative estimate of drug-likeness (QED) is 0.389. The molecular formula is C9H11N3O3S. The smallest absolute Gasteiger partial charge is 0.348 e. The predicted octanol–water partition coefficient (Wildman–Crippen LogP) is 0.211. The van der Waals surface area contributed by atoms with E-state index in [-0.39, 0.29) is 22.1 Å². The van der Waals surface area contributed by atoms with Gasteiger partial charge in [-0.2, -0.15) is 5.10 Å². The van der Waals surface area contributed by atoms with Gasteiger partial charge in [0.25, 0.3) is 0 Å². The monoisotopic (exact) mass is 241 g/mol. The molecule has 0 atom stereocenters. The van der Waals surface area contributed by atoms with Gasteiger partial charge in [0, 0.05) is 6.07 Å². The van der Waals surface area contributed by atoms with E-state index in [1.165, 1.54) is 13.0 Å². The zero-order valence-corrected chi connectivity index (χ0v) is 9.59. The highest BCUT2D eigenvalue weighted by atomic mass is 32.1. The summed E-state index contributed by atoms with van der Waals surface area (Å²) in [5.41, 5.74) is 7.04. The van der Waals surface area contributed by atoms with Crippen LogP contribution in [-0.2, 0) is 0 Å². The molecular weight excluding hydrogens is 230 g/mol. The Morgan fingerprint density at radius 1 is 1.69 bits per heavy atom. The zero-order chi connectivity index (χ0) is 12.3. The van der Waals surface area contributed by atoms with Crippen LogP contribution in [-0.4, -0.2) is 15.9 Å². The number of hydrazone groups is 1. The largest absolute Gasteiger partial charge is 0.507 e. The summed E-state index contributed by atoms with van der Waals surface area (Å²) in [7, 11) is 0. The van der Waals surface area contributed by atoms with Crippen LogP contribution in [0.5, 0.6) is 5.75 Å². The second-order valence-corrected chi connectivity index (χ2v) is 3.52. The van der Waals surface area contributed by atoms with Gasteiger partial charge in [-0.1, -0.05) is 0 Å². The van der Waals surface area contributed by atoms with Gasteiger partial charge >= 0.3 is 5.63 Å². The Bertz CT molecular complexity index is 507. The Balaban J connectivity index is 3.18. The minimum Gasteiger partial charge on any atom is -0.507 e. The summed E-state index contributed by atoms with van der Waals surface area (Å²) < 4.78 is 4.83. The fourth-order valence-electron chi connectivity index (χ4n) is 1.12. The van der Waals surface area contributed by atoms with Crippen LogP contribution in [0.2, 0.25) is 0 Å². The van der Waals surface area contributed by atoms with E-state index in [0.29, 0.717) is 5.76 Å². The first-order chi connectivity index (χ1) is 7.41. The van der Waals surface area contributed by atoms with Crippen molar-refractivity contribution in [1.82, 2.24) is 5.43 Å². The Kier molecular flexibility index (Phi) is 3.62. The molecule has 1 aromatic heterocycles. The molecule has 0 saturated heterocycles. The van der Waals surface area contributed by atoms with Crippen LogP contribution in [0.4, 0.5) is 0 Å². The van der Waals surface area contributed by atoms with E-state index in [9.17, 15) is 9.90 Å². The first kappa shape index (κ1) is 12.2. The number of aromatic hydroxyl groups is 1. The van der Waals surface area contributed by atoms with Gasteiger partial charge in [-0.25, -0.2) is 4.79 Å². The Labute approximate surface area is 96.8 Å². The van der Waals surface area contributed by atoms with Crippen molar-refractivity contribution in [3.63, 3.8) is 0 Å². The number of thiocarbonyl (C=S) groups is 1. The fraction of sp³-hybridized carbons (Fsp3) is 0.222. The topological polar surface area (TPSA) is 101 Å². The van der Waals surface area contributed by atoms with Crippen molar-refractivity contribution >= 4 is 23.0 Å². The van der Waals surface area contributed by atoms with Crippen LogP contribution >= 0.6 is 12.2 Å². The van der Waals surface area contributed by atoms with E-state index in [0.717, 1.165) is 0 Å². The lowest BCUT2D eigenvalue weighted by molar-refractivity contribution is 0.432. The molecule has 86 valence electrons. The van der Waals surface area contributed by atoms with E-state index in [1.807, 2.05) is 0 Å². The summed E-state index contributed by atoms with van der Waals surface area (Å²) in [4.78, 5) is 11.4. The third-order valence-corrected chi connectivity index (χ3v) is 1.84. The van der Waals surface area contributed by atoms with Gasteiger partial charge in [-0.3, -0.25) is 5.43 Å². The average Bonchev–Trinajstić information content (AvgIpc) is 2.12. The van der Waals surface area contributed by atoms with Crippen LogP contribution in [0.1, 0.15) is 18.2 Å². The molecule has 1 heterocycles. The molecule has 16 heavy (non-hydrogen) atoms. The number of nitrogens with two attached hydrogens (primary N) is 1. The molecule has 0 spiro atoms. The van der Waals surface area contributed by atoms with Gasteiger partial charge in [-0.05, 0) is 26.1 Å². The van der Waals surface area contributed by atoms with Gasteiger partial charge in [0.15, 0.2) is 5.11 Å². The zero-order valence-electron chi connectivity index (χ0n) is 8.77. The third-order valence-electron chi connectivity index (χ3n) is 1.75. The standard InChI is InChI=1S/C9H11N3O3S/c1-4-3-6(13)7(8(14)15-4)5(2)11-12-9(10)16/h3,13H,1-2H3,(H3,10,12,16)/b11-5+. The summed E-state index contributed by atoms with van der Waals surface area (Å²) >= 11 is 4.55. The first-order valence-corrected chi connectivity index (χ1v) is 4.76. The lowest BCUT2D eigenvalue weighted by Gasteiger charge is -2.03. The molecule has 4 N–H and O–H groups in total. The molecule has 0 aromatic carbocycles. The Hall–Kier alpha value is -1.89. The van der Waals surface area contributed by atoms with Crippen molar-refractivity contribution in [3.05, 3.63) is 27.8 Å². The normalized spacial score (nSPS) is 11.2. The lowest BCUT2D eigenvalue weighted by atomic mass is 10.2. The number of nitrogens with zero attached hydrogens (tertiary/aromatic N) is 1. The van der Waals surface area contributed by atoms with E-state index < -0.39 is 5.63 Å². The molecule has 0 bridgehead atoms. The van der Waals surface area contributed by atoms with Gasteiger partial charge in [0.2, 0.25) is 0 Å². The highest BCUT2D eigenvalue weighted by Gasteiger charge is 2.12. The van der Waals surface area contributed by atoms with Crippen LogP contribution < -0.4 is 16.8 Å². The second kappa shape index (κ2) is 4.75. The van der Waals surface area contributed by atoms with Crippen LogP contribution in [0, 0.1) is 6.92 Å². The Morgan fingerprint density at radius 3 is 2.81 bits per heavy atom. The molecule has 1 rings (SSSR count). The van der Waals surface area contributed by atoms with Gasteiger partial charge in [0.1, 0.15) is 17.1 Å². The fourth-order valence-corrected chi connectivity index (χ4v) is 1.17. The maximum Gasteiger partial charge on any atom is 0.348 e. The predicted molar refractivity (Wildman–Crippen MR) is 63.5 cm³/mol. The second-order valence-electron chi connectivity index (χ2n) is 3.08. The van der Waals surface area contributed by atoms with Gasteiger partial charge in [-0.15, -0.1) is 0 Å². The molecule has 0 aliphatic heterocycles. The highest BCUT2D eigenvalue weighted by Crippen LogP contribution is 2.14. The van der Waals surface area contributed by atoms with Crippen LogP contribution in [0.15, 0.2) is 20.4 Å². The van der Waals surface area contributed by atoms with Crippen LogP contribution in [0.3, 0.4) is 0 Å². The van der Waals surface area contributed by atoms with E-state index >= 15 is 0 Å². The third kappa shape index (κ3) is 2.80. The number of nitrogens with one attached hydrogen (secondary N) is 1. The van der Waals surface area contributed by atoms with E-state index in [1.54, 1.807) is 6.92 Å². The lowest BCUT2D eigenvalue weighted by Crippen LogP contribution is -2.26. The maximum atomic E-state index is 11.4. The minimum atomic E-state index is -0.663. The number of hydrogen-bond acceptors (Lipinski definition) is 5. The number of aryl methyl sites for hydroxylation is 1. The van der Waals surface area contributed by atoms with E-state index in [2.05, 4.69) is 22.7 Å². The molecule has 0 aliphatic rings. The first-order valence-electron chi connectivity index (χ1n) is 4.35. The molecule has 0 aliphatic carbocycles. The summed E-state index contributed by atoms with van der Waals surface area (Å²) in [5, 5.41) is 13.3. The minimum absolute atomic E-state index is 0.0191. The highest BCUT2D eigenvalue weighted by molar-refractivity contribution is 7.80.